The van der Waals surface area contributed by atoms with Gasteiger partial charge in [-0.05, 0) is 60.8 Å². The summed E-state index contributed by atoms with van der Waals surface area (Å²) in [5.41, 5.74) is 0.215. The molecule has 0 aliphatic rings. The average Bonchev–Trinajstić information content (AvgIpc) is 2.73. The van der Waals surface area contributed by atoms with Gasteiger partial charge >= 0.3 is 18.0 Å². The molecule has 7 nitrogen and oxygen atoms in total. The third-order valence-corrected chi connectivity index (χ3v) is 5.19. The Morgan fingerprint density at radius 2 is 1.77 bits per heavy atom. The Labute approximate surface area is 192 Å². The van der Waals surface area contributed by atoms with Gasteiger partial charge in [0.05, 0.1) is 12.0 Å². The van der Waals surface area contributed by atoms with Crippen molar-refractivity contribution in [2.24, 2.45) is 11.3 Å². The zero-order valence-corrected chi connectivity index (χ0v) is 20.3. The van der Waals surface area contributed by atoms with Crippen molar-refractivity contribution >= 4 is 40.6 Å². The standard InChI is InChI=1S/C22H32INO6/c1-5-16(2)18(24-21(27)29-14-17-10-7-6-8-11-17)19(25)28-13-9-12-22(3,4)20(26)30-15-23/h6-8,10-11,16,18H,5,9,12-15H2,1-4H3,(H,24,27)/t16-,18-/m0/s1. The Kier molecular flexibility index (Phi) is 11.8. The first-order valence-corrected chi connectivity index (χ1v) is 11.6. The SMILES string of the molecule is CC[C@H](C)[C@H](NC(=O)OCc1ccccc1)C(=O)OCCCC(C)(C)C(=O)OCI. The van der Waals surface area contributed by atoms with Gasteiger partial charge in [-0.1, -0.05) is 50.6 Å². The molecule has 168 valence electrons. The molecule has 30 heavy (non-hydrogen) atoms. The Balaban J connectivity index is 2.50. The van der Waals surface area contributed by atoms with Crippen LogP contribution in [-0.2, 0) is 30.4 Å². The van der Waals surface area contributed by atoms with Crippen LogP contribution in [0.4, 0.5) is 4.79 Å². The summed E-state index contributed by atoms with van der Waals surface area (Å²) in [4.78, 5) is 36.6. The molecule has 0 radical (unpaired) electrons. The van der Waals surface area contributed by atoms with Crippen molar-refractivity contribution < 1.29 is 28.6 Å². The van der Waals surface area contributed by atoms with Crippen LogP contribution in [-0.4, -0.2) is 35.3 Å². The second kappa shape index (κ2) is 13.5. The Hall–Kier alpha value is -1.84. The number of esters is 2. The Bertz CT molecular complexity index is 679. The number of alkyl carbamates (subject to hydrolysis) is 1. The summed E-state index contributed by atoms with van der Waals surface area (Å²) in [6.07, 6.45) is 1.06. The normalized spacial score (nSPS) is 13.1. The lowest BCUT2D eigenvalue weighted by Crippen LogP contribution is -2.46. The Morgan fingerprint density at radius 1 is 1.10 bits per heavy atom. The minimum atomic E-state index is -0.796. The summed E-state index contributed by atoms with van der Waals surface area (Å²) in [6, 6.07) is 8.51. The van der Waals surface area contributed by atoms with E-state index in [-0.39, 0.29) is 25.1 Å². The molecule has 1 rings (SSSR count). The van der Waals surface area contributed by atoms with Crippen molar-refractivity contribution in [2.75, 3.05) is 11.2 Å². The summed E-state index contributed by atoms with van der Waals surface area (Å²) < 4.78 is 15.9. The molecule has 0 saturated carbocycles. The van der Waals surface area contributed by atoms with Gasteiger partial charge in [-0.2, -0.15) is 0 Å². The van der Waals surface area contributed by atoms with Crippen LogP contribution in [0.15, 0.2) is 30.3 Å². The highest BCUT2D eigenvalue weighted by Gasteiger charge is 2.30. The van der Waals surface area contributed by atoms with Crippen LogP contribution in [0.1, 0.15) is 52.5 Å². The van der Waals surface area contributed by atoms with E-state index in [1.807, 2.05) is 66.8 Å². The Morgan fingerprint density at radius 3 is 2.37 bits per heavy atom. The van der Waals surface area contributed by atoms with Gasteiger partial charge in [0.15, 0.2) is 0 Å². The lowest BCUT2D eigenvalue weighted by atomic mass is 9.88. The highest BCUT2D eigenvalue weighted by Crippen LogP contribution is 2.24. The summed E-state index contributed by atoms with van der Waals surface area (Å²) in [7, 11) is 0. The summed E-state index contributed by atoms with van der Waals surface area (Å²) >= 11 is 1.97. The molecular formula is C22H32INO6. The first kappa shape index (κ1) is 26.2. The fraction of sp³-hybridized carbons (Fsp3) is 0.591. The maximum atomic E-state index is 12.5. The number of hydrogen-bond acceptors (Lipinski definition) is 6. The first-order chi connectivity index (χ1) is 14.2. The van der Waals surface area contributed by atoms with Gasteiger partial charge in [0.2, 0.25) is 0 Å². The number of carbonyl (C=O) groups excluding carboxylic acids is 3. The van der Waals surface area contributed by atoms with Gasteiger partial charge < -0.3 is 19.5 Å². The summed E-state index contributed by atoms with van der Waals surface area (Å²) in [5.74, 6) is -0.894. The number of rotatable bonds is 12. The maximum absolute atomic E-state index is 12.5. The van der Waals surface area contributed by atoms with E-state index in [0.29, 0.717) is 23.9 Å². The van der Waals surface area contributed by atoms with Crippen molar-refractivity contribution in [2.45, 2.75) is 59.6 Å². The minimum absolute atomic E-state index is 0.114. The third kappa shape index (κ3) is 9.32. The molecule has 0 heterocycles. The number of benzene rings is 1. The fourth-order valence-corrected chi connectivity index (χ4v) is 2.97. The molecule has 0 aliphatic carbocycles. The van der Waals surface area contributed by atoms with Crippen LogP contribution in [0.3, 0.4) is 0 Å². The van der Waals surface area contributed by atoms with Crippen molar-refractivity contribution in [3.63, 3.8) is 0 Å². The van der Waals surface area contributed by atoms with Crippen molar-refractivity contribution in [3.05, 3.63) is 35.9 Å². The number of hydrogen-bond donors (Lipinski definition) is 1. The smallest absolute Gasteiger partial charge is 0.408 e. The van der Waals surface area contributed by atoms with Crippen molar-refractivity contribution in [1.29, 1.82) is 0 Å². The van der Waals surface area contributed by atoms with Crippen LogP contribution in [0, 0.1) is 11.3 Å². The molecule has 0 aliphatic heterocycles. The fourth-order valence-electron chi connectivity index (χ4n) is 2.68. The lowest BCUT2D eigenvalue weighted by molar-refractivity contribution is -0.152. The van der Waals surface area contributed by atoms with E-state index in [1.54, 1.807) is 13.8 Å². The van der Waals surface area contributed by atoms with E-state index >= 15 is 0 Å². The van der Waals surface area contributed by atoms with Crippen LogP contribution in [0.2, 0.25) is 0 Å². The average molecular weight is 533 g/mol. The van der Waals surface area contributed by atoms with E-state index in [2.05, 4.69) is 5.32 Å². The van der Waals surface area contributed by atoms with Gasteiger partial charge in [0, 0.05) is 0 Å². The number of halogens is 1. The molecule has 0 fully saturated rings. The molecule has 0 bridgehead atoms. The van der Waals surface area contributed by atoms with Crippen LogP contribution in [0.25, 0.3) is 0 Å². The number of amides is 1. The molecule has 0 unspecified atom stereocenters. The summed E-state index contributed by atoms with van der Waals surface area (Å²) in [6.45, 7) is 7.69. The predicted molar refractivity (Wildman–Crippen MR) is 122 cm³/mol. The largest absolute Gasteiger partial charge is 0.464 e. The second-order valence-corrected chi connectivity index (χ2v) is 8.39. The molecule has 2 atom stereocenters. The lowest BCUT2D eigenvalue weighted by Gasteiger charge is -2.24. The number of alkyl halides is 1. The molecule has 8 heteroatoms. The number of carbonyl (C=O) groups is 3. The van der Waals surface area contributed by atoms with E-state index in [1.165, 1.54) is 0 Å². The molecule has 1 amide bonds. The van der Waals surface area contributed by atoms with Gasteiger partial charge in [-0.15, -0.1) is 0 Å². The van der Waals surface area contributed by atoms with E-state index in [9.17, 15) is 14.4 Å². The highest BCUT2D eigenvalue weighted by molar-refractivity contribution is 14.1. The highest BCUT2D eigenvalue weighted by atomic mass is 127. The molecule has 0 aromatic heterocycles. The van der Waals surface area contributed by atoms with E-state index < -0.39 is 23.5 Å². The van der Waals surface area contributed by atoms with Crippen molar-refractivity contribution in [1.82, 2.24) is 5.32 Å². The van der Waals surface area contributed by atoms with Crippen LogP contribution < -0.4 is 5.32 Å². The van der Waals surface area contributed by atoms with Gasteiger partial charge in [0.1, 0.15) is 17.3 Å². The number of ether oxygens (including phenoxy) is 3. The predicted octanol–water partition coefficient (Wildman–Crippen LogP) is 4.61. The molecule has 1 aromatic carbocycles. The maximum Gasteiger partial charge on any atom is 0.408 e. The van der Waals surface area contributed by atoms with E-state index in [4.69, 9.17) is 14.2 Å². The minimum Gasteiger partial charge on any atom is -0.464 e. The van der Waals surface area contributed by atoms with Crippen LogP contribution in [0.5, 0.6) is 0 Å². The monoisotopic (exact) mass is 533 g/mol. The van der Waals surface area contributed by atoms with Crippen LogP contribution >= 0.6 is 22.6 Å². The molecule has 0 spiro atoms. The van der Waals surface area contributed by atoms with Crippen molar-refractivity contribution in [3.8, 4) is 0 Å². The first-order valence-electron chi connectivity index (χ1n) is 10.1. The van der Waals surface area contributed by atoms with E-state index in [0.717, 1.165) is 5.56 Å². The summed E-state index contributed by atoms with van der Waals surface area (Å²) in [5, 5.41) is 2.62. The molecular weight excluding hydrogens is 501 g/mol. The topological polar surface area (TPSA) is 90.9 Å². The quantitative estimate of drug-likeness (QED) is 0.139. The molecule has 1 N–H and O–H groups in total. The van der Waals surface area contributed by atoms with Gasteiger partial charge in [0.25, 0.3) is 0 Å². The van der Waals surface area contributed by atoms with Gasteiger partial charge in [-0.25, -0.2) is 9.59 Å². The third-order valence-electron chi connectivity index (χ3n) is 4.88. The second-order valence-electron chi connectivity index (χ2n) is 7.77. The van der Waals surface area contributed by atoms with Gasteiger partial charge in [-0.3, -0.25) is 4.79 Å². The zero-order valence-electron chi connectivity index (χ0n) is 18.1. The molecule has 1 aromatic rings. The molecule has 0 saturated heterocycles. The zero-order chi connectivity index (χ0) is 22.6. The number of nitrogens with one attached hydrogen (secondary N) is 1.